The average molecular weight is 403 g/mol. The van der Waals surface area contributed by atoms with Crippen molar-refractivity contribution in [2.75, 3.05) is 0 Å². The van der Waals surface area contributed by atoms with Gasteiger partial charge in [-0.05, 0) is 106 Å². The van der Waals surface area contributed by atoms with E-state index < -0.39 is 0 Å². The lowest BCUT2D eigenvalue weighted by Crippen LogP contribution is -2.56. The molecule has 3 aliphatic carbocycles. The van der Waals surface area contributed by atoms with Crippen LogP contribution in [-0.4, -0.2) is 16.7 Å². The summed E-state index contributed by atoms with van der Waals surface area (Å²) >= 11 is 6.27. The molecule has 5 rings (SSSR count). The van der Waals surface area contributed by atoms with E-state index in [0.29, 0.717) is 22.8 Å². The Kier molecular flexibility index (Phi) is 3.96. The number of rotatable bonds is 0. The van der Waals surface area contributed by atoms with Gasteiger partial charge in [-0.1, -0.05) is 18.5 Å². The molecule has 1 aromatic rings. The van der Waals surface area contributed by atoms with Crippen molar-refractivity contribution in [1.29, 1.82) is 0 Å². The van der Waals surface area contributed by atoms with E-state index in [-0.39, 0.29) is 28.1 Å². The normalized spacial score (nSPS) is 41.1. The van der Waals surface area contributed by atoms with Crippen molar-refractivity contribution in [3.05, 3.63) is 28.3 Å². The molecule has 3 nitrogen and oxygen atoms in total. The number of aromatic hydroxyl groups is 1. The zero-order chi connectivity index (χ0) is 19.9. The van der Waals surface area contributed by atoms with Gasteiger partial charge in [0.05, 0.1) is 10.4 Å². The molecule has 0 radical (unpaired) electrons. The van der Waals surface area contributed by atoms with Gasteiger partial charge in [0.15, 0.2) is 0 Å². The van der Waals surface area contributed by atoms with Crippen molar-refractivity contribution >= 4 is 17.6 Å². The maximum absolute atomic E-state index is 12.7. The minimum Gasteiger partial charge on any atom is -0.506 e. The van der Waals surface area contributed by atoms with Crippen LogP contribution in [0.1, 0.15) is 82.8 Å². The number of ether oxygens (including phenoxy) is 1. The first-order valence-corrected chi connectivity index (χ1v) is 11.3. The zero-order valence-corrected chi connectivity index (χ0v) is 17.9. The number of carbonyl (C=O) groups is 1. The Balaban J connectivity index is 1.48. The molecule has 1 heterocycles. The lowest BCUT2D eigenvalue weighted by molar-refractivity contribution is -0.206. The molecule has 152 valence electrons. The predicted molar refractivity (Wildman–Crippen MR) is 110 cm³/mol. The number of hydrogen-bond acceptors (Lipinski definition) is 3. The van der Waals surface area contributed by atoms with Crippen LogP contribution in [0.5, 0.6) is 5.75 Å². The van der Waals surface area contributed by atoms with Crippen LogP contribution in [0.4, 0.5) is 0 Å². The summed E-state index contributed by atoms with van der Waals surface area (Å²) in [6, 6.07) is 3.89. The number of aryl methyl sites for hydroxylation is 1. The van der Waals surface area contributed by atoms with Gasteiger partial charge in [-0.2, -0.15) is 0 Å². The quantitative estimate of drug-likeness (QED) is 0.541. The molecule has 28 heavy (non-hydrogen) atoms. The molecule has 4 aliphatic rings. The molecular formula is C24H31ClO3. The van der Waals surface area contributed by atoms with E-state index in [0.717, 1.165) is 51.4 Å². The maximum Gasteiger partial charge on any atom is 0.312 e. The van der Waals surface area contributed by atoms with Crippen LogP contribution in [0.2, 0.25) is 5.02 Å². The fourth-order valence-corrected chi connectivity index (χ4v) is 7.41. The Hall–Kier alpha value is -1.22. The smallest absolute Gasteiger partial charge is 0.312 e. The second-order valence-corrected chi connectivity index (χ2v) is 11.1. The van der Waals surface area contributed by atoms with Crippen LogP contribution in [0.15, 0.2) is 12.1 Å². The zero-order valence-electron chi connectivity index (χ0n) is 17.2. The van der Waals surface area contributed by atoms with Gasteiger partial charge in [0.25, 0.3) is 0 Å². The molecule has 1 N–H and O–H groups in total. The highest BCUT2D eigenvalue weighted by Crippen LogP contribution is 2.67. The molecule has 2 saturated carbocycles. The van der Waals surface area contributed by atoms with Crippen LogP contribution in [0.25, 0.3) is 0 Å². The Labute approximate surface area is 172 Å². The SMILES string of the molecule is CC1(C)CC[C@@]2(CCC3C4CCc5cc(O)c(Cl)cc5C4CC[C@@]32C)OC1=O. The number of phenols is 1. The van der Waals surface area contributed by atoms with E-state index in [1.54, 1.807) is 0 Å². The van der Waals surface area contributed by atoms with Crippen LogP contribution in [0, 0.1) is 22.7 Å². The highest BCUT2D eigenvalue weighted by Gasteiger charge is 2.65. The molecule has 0 amide bonds. The number of carbonyl (C=O) groups excluding carboxylic acids is 1. The summed E-state index contributed by atoms with van der Waals surface area (Å²) in [4.78, 5) is 12.7. The second kappa shape index (κ2) is 5.90. The Morgan fingerprint density at radius 2 is 1.86 bits per heavy atom. The van der Waals surface area contributed by atoms with E-state index in [4.69, 9.17) is 16.3 Å². The molecule has 0 aromatic heterocycles. The monoisotopic (exact) mass is 402 g/mol. The number of fused-ring (bicyclic) bond motifs is 6. The first kappa shape index (κ1) is 18.8. The number of benzene rings is 1. The summed E-state index contributed by atoms with van der Waals surface area (Å²) < 4.78 is 6.31. The van der Waals surface area contributed by atoms with E-state index in [2.05, 4.69) is 6.92 Å². The molecule has 1 saturated heterocycles. The van der Waals surface area contributed by atoms with Gasteiger partial charge >= 0.3 is 5.97 Å². The summed E-state index contributed by atoms with van der Waals surface area (Å²) in [6.45, 7) is 6.45. The molecule has 0 bridgehead atoms. The number of phenolic OH excluding ortho intramolecular Hbond substituents is 1. The molecule has 3 fully saturated rings. The van der Waals surface area contributed by atoms with Crippen molar-refractivity contribution in [3.8, 4) is 5.75 Å². The lowest BCUT2D eigenvalue weighted by atomic mass is 9.52. The van der Waals surface area contributed by atoms with Gasteiger partial charge in [0, 0.05) is 5.41 Å². The third-order valence-electron chi connectivity index (χ3n) is 9.08. The second-order valence-electron chi connectivity index (χ2n) is 10.7. The molecule has 1 aliphatic heterocycles. The number of esters is 1. The minimum atomic E-state index is -0.348. The Bertz CT molecular complexity index is 846. The van der Waals surface area contributed by atoms with Crippen molar-refractivity contribution < 1.29 is 14.6 Å². The Morgan fingerprint density at radius 1 is 1.07 bits per heavy atom. The van der Waals surface area contributed by atoms with E-state index >= 15 is 0 Å². The molecule has 5 atom stereocenters. The van der Waals surface area contributed by atoms with Crippen LogP contribution in [-0.2, 0) is 16.0 Å². The van der Waals surface area contributed by atoms with Crippen molar-refractivity contribution in [3.63, 3.8) is 0 Å². The van der Waals surface area contributed by atoms with Crippen LogP contribution >= 0.6 is 11.6 Å². The third kappa shape index (κ3) is 2.38. The van der Waals surface area contributed by atoms with E-state index in [9.17, 15) is 9.90 Å². The summed E-state index contributed by atoms with van der Waals surface area (Å²) in [5.74, 6) is 1.95. The molecule has 4 heteroatoms. The fraction of sp³-hybridized carbons (Fsp3) is 0.708. The maximum atomic E-state index is 12.7. The van der Waals surface area contributed by atoms with Gasteiger partial charge in [-0.15, -0.1) is 0 Å². The topological polar surface area (TPSA) is 46.5 Å². The van der Waals surface area contributed by atoms with Gasteiger partial charge < -0.3 is 9.84 Å². The van der Waals surface area contributed by atoms with Gasteiger partial charge in [0.1, 0.15) is 11.4 Å². The molecule has 3 unspecified atom stereocenters. The fourth-order valence-electron chi connectivity index (χ4n) is 7.23. The van der Waals surface area contributed by atoms with Crippen LogP contribution in [0.3, 0.4) is 0 Å². The minimum absolute atomic E-state index is 0.000930. The largest absolute Gasteiger partial charge is 0.506 e. The number of hydrogen-bond donors (Lipinski definition) is 1. The van der Waals surface area contributed by atoms with Gasteiger partial charge in [0.2, 0.25) is 0 Å². The summed E-state index contributed by atoms with van der Waals surface area (Å²) in [7, 11) is 0. The van der Waals surface area contributed by atoms with Gasteiger partial charge in [-0.3, -0.25) is 4.79 Å². The highest BCUT2D eigenvalue weighted by atomic mass is 35.5. The van der Waals surface area contributed by atoms with Gasteiger partial charge in [-0.25, -0.2) is 0 Å². The van der Waals surface area contributed by atoms with E-state index in [1.807, 2.05) is 26.0 Å². The van der Waals surface area contributed by atoms with E-state index in [1.165, 1.54) is 11.1 Å². The van der Waals surface area contributed by atoms with Crippen molar-refractivity contribution in [1.82, 2.24) is 0 Å². The summed E-state index contributed by atoms with van der Waals surface area (Å²) in [5, 5.41) is 10.5. The average Bonchev–Trinajstić information content (AvgIpc) is 2.92. The Morgan fingerprint density at radius 3 is 2.61 bits per heavy atom. The summed E-state index contributed by atoms with van der Waals surface area (Å²) in [5.41, 5.74) is 2.09. The first-order valence-electron chi connectivity index (χ1n) is 10.9. The molecule has 1 aromatic carbocycles. The molecule has 1 spiro atoms. The lowest BCUT2D eigenvalue weighted by Gasteiger charge is -2.56. The first-order chi connectivity index (χ1) is 13.2. The summed E-state index contributed by atoms with van der Waals surface area (Å²) in [6.07, 6.45) is 8.50. The molecular weight excluding hydrogens is 372 g/mol. The highest BCUT2D eigenvalue weighted by molar-refractivity contribution is 6.32. The standard InChI is InChI=1S/C24H31ClO3/c1-22(2)10-11-24(28-21(22)27)9-7-18-16-5-4-14-12-20(26)19(25)13-17(14)15(16)6-8-23(18,24)3/h12-13,15-16,18,26H,4-11H2,1-3H3/t15?,16?,18?,23-,24+/m0/s1. The van der Waals surface area contributed by atoms with Crippen molar-refractivity contribution in [2.45, 2.75) is 83.7 Å². The van der Waals surface area contributed by atoms with Crippen molar-refractivity contribution in [2.24, 2.45) is 22.7 Å². The third-order valence-corrected chi connectivity index (χ3v) is 9.38. The van der Waals surface area contributed by atoms with Crippen LogP contribution < -0.4 is 0 Å². The predicted octanol–water partition coefficient (Wildman–Crippen LogP) is 6.00. The number of halogens is 1.